The predicted molar refractivity (Wildman–Crippen MR) is 83.2 cm³/mol. The number of aliphatic carboxylic acids is 1. The lowest BCUT2D eigenvalue weighted by molar-refractivity contribution is -0.136. The van der Waals surface area contributed by atoms with Crippen molar-refractivity contribution in [2.45, 2.75) is 33.1 Å². The van der Waals surface area contributed by atoms with Gasteiger partial charge in [0, 0.05) is 11.3 Å². The van der Waals surface area contributed by atoms with Crippen LogP contribution in [0.2, 0.25) is 0 Å². The SMILES string of the molecule is Cc1cccc(OCCCc2nc(C)c(CC(=O)O)s2)c1. The minimum absolute atomic E-state index is 0.0588. The van der Waals surface area contributed by atoms with Crippen molar-refractivity contribution in [1.82, 2.24) is 4.98 Å². The lowest BCUT2D eigenvalue weighted by Gasteiger charge is -2.05. The molecule has 4 nitrogen and oxygen atoms in total. The first-order valence-corrected chi connectivity index (χ1v) is 7.72. The molecule has 0 bridgehead atoms. The lowest BCUT2D eigenvalue weighted by atomic mass is 10.2. The fraction of sp³-hybridized carbons (Fsp3) is 0.375. The van der Waals surface area contributed by atoms with Gasteiger partial charge in [0.15, 0.2) is 0 Å². The summed E-state index contributed by atoms with van der Waals surface area (Å²) in [7, 11) is 0. The monoisotopic (exact) mass is 305 g/mol. The molecule has 1 aromatic heterocycles. The molecule has 112 valence electrons. The number of aromatic nitrogens is 1. The van der Waals surface area contributed by atoms with Crippen LogP contribution < -0.4 is 4.74 Å². The zero-order valence-electron chi connectivity index (χ0n) is 12.3. The normalized spacial score (nSPS) is 10.6. The summed E-state index contributed by atoms with van der Waals surface area (Å²) in [4.78, 5) is 16.0. The van der Waals surface area contributed by atoms with Crippen LogP contribution in [0.3, 0.4) is 0 Å². The number of hydrogen-bond donors (Lipinski definition) is 1. The van der Waals surface area contributed by atoms with Gasteiger partial charge in [-0.1, -0.05) is 12.1 Å². The molecule has 0 aliphatic heterocycles. The summed E-state index contributed by atoms with van der Waals surface area (Å²) in [6.45, 7) is 4.53. The lowest BCUT2D eigenvalue weighted by Crippen LogP contribution is -1.99. The van der Waals surface area contributed by atoms with E-state index in [0.717, 1.165) is 34.2 Å². The second kappa shape index (κ2) is 7.22. The van der Waals surface area contributed by atoms with Gasteiger partial charge in [-0.05, 0) is 38.0 Å². The zero-order chi connectivity index (χ0) is 15.2. The van der Waals surface area contributed by atoms with Crippen molar-refractivity contribution in [2.24, 2.45) is 0 Å². The van der Waals surface area contributed by atoms with Crippen LogP contribution in [-0.2, 0) is 17.6 Å². The van der Waals surface area contributed by atoms with Crippen LogP contribution in [0, 0.1) is 13.8 Å². The highest BCUT2D eigenvalue weighted by Crippen LogP contribution is 2.20. The van der Waals surface area contributed by atoms with Crippen LogP contribution >= 0.6 is 11.3 Å². The van der Waals surface area contributed by atoms with E-state index in [1.54, 1.807) is 0 Å². The molecule has 0 saturated heterocycles. The Morgan fingerprint density at radius 2 is 2.19 bits per heavy atom. The molecule has 1 N–H and O–H groups in total. The number of carboxylic acid groups (broad SMARTS) is 1. The van der Waals surface area contributed by atoms with Crippen molar-refractivity contribution in [1.29, 1.82) is 0 Å². The van der Waals surface area contributed by atoms with E-state index in [4.69, 9.17) is 9.84 Å². The molecule has 0 spiro atoms. The molecule has 0 amide bonds. The fourth-order valence-corrected chi connectivity index (χ4v) is 3.12. The number of ether oxygens (including phenoxy) is 1. The van der Waals surface area contributed by atoms with Crippen LogP contribution in [-0.4, -0.2) is 22.7 Å². The molecule has 1 heterocycles. The van der Waals surface area contributed by atoms with Gasteiger partial charge in [-0.15, -0.1) is 11.3 Å². The molecular weight excluding hydrogens is 286 g/mol. The number of thiazole rings is 1. The van der Waals surface area contributed by atoms with E-state index >= 15 is 0 Å². The number of rotatable bonds is 7. The molecule has 5 heteroatoms. The van der Waals surface area contributed by atoms with Gasteiger partial charge in [0.25, 0.3) is 0 Å². The van der Waals surface area contributed by atoms with Gasteiger partial charge in [-0.3, -0.25) is 4.79 Å². The Morgan fingerprint density at radius 3 is 2.90 bits per heavy atom. The first kappa shape index (κ1) is 15.5. The Balaban J connectivity index is 1.79. The summed E-state index contributed by atoms with van der Waals surface area (Å²) in [6, 6.07) is 7.98. The van der Waals surface area contributed by atoms with Gasteiger partial charge in [-0.2, -0.15) is 0 Å². The molecule has 0 unspecified atom stereocenters. The Labute approximate surface area is 128 Å². The number of hydrogen-bond acceptors (Lipinski definition) is 4. The number of nitrogens with zero attached hydrogens (tertiary/aromatic N) is 1. The number of carboxylic acids is 1. The van der Waals surface area contributed by atoms with E-state index in [9.17, 15) is 4.79 Å². The highest BCUT2D eigenvalue weighted by molar-refractivity contribution is 7.11. The molecule has 0 fully saturated rings. The standard InChI is InChI=1S/C16H19NO3S/c1-11-5-3-6-13(9-11)20-8-4-7-15-17-12(2)14(21-15)10-16(18)19/h3,5-6,9H,4,7-8,10H2,1-2H3,(H,18,19). The second-order valence-electron chi connectivity index (χ2n) is 4.96. The Hall–Kier alpha value is -1.88. The summed E-state index contributed by atoms with van der Waals surface area (Å²) in [5.74, 6) is 0.0768. The average molecular weight is 305 g/mol. The Morgan fingerprint density at radius 1 is 1.38 bits per heavy atom. The van der Waals surface area contributed by atoms with E-state index in [-0.39, 0.29) is 6.42 Å². The van der Waals surface area contributed by atoms with E-state index in [2.05, 4.69) is 4.98 Å². The molecule has 0 aliphatic rings. The summed E-state index contributed by atoms with van der Waals surface area (Å²) in [6.07, 6.45) is 1.74. The largest absolute Gasteiger partial charge is 0.494 e. The smallest absolute Gasteiger partial charge is 0.308 e. The van der Waals surface area contributed by atoms with Crippen molar-refractivity contribution in [2.75, 3.05) is 6.61 Å². The zero-order valence-corrected chi connectivity index (χ0v) is 13.1. The molecule has 0 radical (unpaired) electrons. The topological polar surface area (TPSA) is 59.4 Å². The van der Waals surface area contributed by atoms with E-state index in [0.29, 0.717) is 6.61 Å². The first-order valence-electron chi connectivity index (χ1n) is 6.91. The Kier molecular flexibility index (Phi) is 5.33. The molecular formula is C16H19NO3S. The van der Waals surface area contributed by atoms with Crippen molar-refractivity contribution in [3.05, 3.63) is 45.4 Å². The molecule has 1 aromatic carbocycles. The number of aryl methyl sites for hydroxylation is 3. The molecule has 21 heavy (non-hydrogen) atoms. The van der Waals surface area contributed by atoms with Crippen molar-refractivity contribution in [3.8, 4) is 5.75 Å². The molecule has 0 aliphatic carbocycles. The average Bonchev–Trinajstić information content (AvgIpc) is 2.75. The third-order valence-electron chi connectivity index (χ3n) is 3.04. The van der Waals surface area contributed by atoms with Crippen LogP contribution in [0.15, 0.2) is 24.3 Å². The maximum atomic E-state index is 10.7. The van der Waals surface area contributed by atoms with Gasteiger partial charge < -0.3 is 9.84 Å². The van der Waals surface area contributed by atoms with E-state index in [1.807, 2.05) is 38.1 Å². The molecule has 0 saturated carbocycles. The van der Waals surface area contributed by atoms with Crippen molar-refractivity contribution >= 4 is 17.3 Å². The maximum absolute atomic E-state index is 10.7. The van der Waals surface area contributed by atoms with Crippen molar-refractivity contribution in [3.63, 3.8) is 0 Å². The number of carbonyl (C=O) groups is 1. The quantitative estimate of drug-likeness (QED) is 0.797. The van der Waals surface area contributed by atoms with Gasteiger partial charge >= 0.3 is 5.97 Å². The first-order chi connectivity index (χ1) is 10.0. The highest BCUT2D eigenvalue weighted by atomic mass is 32.1. The summed E-state index contributed by atoms with van der Waals surface area (Å²) >= 11 is 1.49. The summed E-state index contributed by atoms with van der Waals surface area (Å²) in [5, 5.41) is 9.81. The van der Waals surface area contributed by atoms with Crippen LogP contribution in [0.5, 0.6) is 5.75 Å². The van der Waals surface area contributed by atoms with Crippen molar-refractivity contribution < 1.29 is 14.6 Å². The molecule has 2 aromatic rings. The van der Waals surface area contributed by atoms with Gasteiger partial charge in [0.2, 0.25) is 0 Å². The highest BCUT2D eigenvalue weighted by Gasteiger charge is 2.10. The van der Waals surface area contributed by atoms with E-state index < -0.39 is 5.97 Å². The van der Waals surface area contributed by atoms with Crippen LogP contribution in [0.4, 0.5) is 0 Å². The third-order valence-corrected chi connectivity index (χ3v) is 4.26. The maximum Gasteiger partial charge on any atom is 0.308 e. The third kappa shape index (κ3) is 4.86. The minimum atomic E-state index is -0.809. The fourth-order valence-electron chi connectivity index (χ4n) is 2.02. The van der Waals surface area contributed by atoms with Gasteiger partial charge in [0.05, 0.1) is 23.7 Å². The molecule has 2 rings (SSSR count). The predicted octanol–water partition coefficient (Wildman–Crippen LogP) is 3.40. The minimum Gasteiger partial charge on any atom is -0.494 e. The summed E-state index contributed by atoms with van der Waals surface area (Å²) in [5.41, 5.74) is 2.01. The van der Waals surface area contributed by atoms with Gasteiger partial charge in [-0.25, -0.2) is 4.98 Å². The molecule has 0 atom stereocenters. The Bertz CT molecular complexity index is 622. The summed E-state index contributed by atoms with van der Waals surface area (Å²) < 4.78 is 5.69. The second-order valence-corrected chi connectivity index (χ2v) is 6.12. The van der Waals surface area contributed by atoms with Crippen LogP contribution in [0.1, 0.15) is 27.6 Å². The van der Waals surface area contributed by atoms with E-state index in [1.165, 1.54) is 16.9 Å². The van der Waals surface area contributed by atoms with Gasteiger partial charge in [0.1, 0.15) is 5.75 Å². The van der Waals surface area contributed by atoms with Crippen LogP contribution in [0.25, 0.3) is 0 Å². The number of benzene rings is 1.